The van der Waals surface area contributed by atoms with Gasteiger partial charge in [0.1, 0.15) is 29.7 Å². The maximum Gasteiger partial charge on any atom is 0.126 e. The smallest absolute Gasteiger partial charge is 0.126 e. The normalized spacial score (nSPS) is 20.5. The van der Waals surface area contributed by atoms with Gasteiger partial charge in [0.25, 0.3) is 0 Å². The van der Waals surface area contributed by atoms with Crippen molar-refractivity contribution in [3.8, 4) is 17.2 Å². The Labute approximate surface area is 188 Å². The first-order valence-electron chi connectivity index (χ1n) is 11.3. The summed E-state index contributed by atoms with van der Waals surface area (Å²) < 4.78 is 25.9. The molecule has 0 aromatic heterocycles. The first kappa shape index (κ1) is 20.8. The number of phenolic OH excluding ortho intramolecular Hbond substituents is 1. The van der Waals surface area contributed by atoms with Gasteiger partial charge in [-0.1, -0.05) is 30.3 Å². The molecule has 1 saturated heterocycles. The molecule has 5 rings (SSSR count). The van der Waals surface area contributed by atoms with Gasteiger partial charge < -0.3 is 14.6 Å². The van der Waals surface area contributed by atoms with E-state index in [1.165, 1.54) is 32.0 Å². The highest BCUT2D eigenvalue weighted by molar-refractivity contribution is 5.50. The van der Waals surface area contributed by atoms with Crippen molar-refractivity contribution in [3.63, 3.8) is 0 Å². The van der Waals surface area contributed by atoms with Crippen molar-refractivity contribution in [2.24, 2.45) is 0 Å². The number of hydrogen-bond acceptors (Lipinski definition) is 4. The fraction of sp³-hybridized carbons (Fsp3) is 0.333. The molecule has 4 nitrogen and oxygen atoms in total. The van der Waals surface area contributed by atoms with E-state index in [9.17, 15) is 9.50 Å². The molecule has 2 heterocycles. The van der Waals surface area contributed by atoms with Crippen LogP contribution in [0.25, 0.3) is 0 Å². The predicted molar refractivity (Wildman–Crippen MR) is 122 cm³/mol. The number of likely N-dealkylation sites (tertiary alicyclic amines) is 1. The number of benzene rings is 3. The van der Waals surface area contributed by atoms with Gasteiger partial charge in [-0.3, -0.25) is 4.90 Å². The van der Waals surface area contributed by atoms with Gasteiger partial charge in [-0.2, -0.15) is 0 Å². The molecule has 166 valence electrons. The van der Waals surface area contributed by atoms with Crippen molar-refractivity contribution in [2.45, 2.75) is 24.7 Å². The van der Waals surface area contributed by atoms with Crippen molar-refractivity contribution >= 4 is 0 Å². The number of nitrogens with zero attached hydrogens (tertiary/aromatic N) is 1. The second kappa shape index (κ2) is 9.21. The molecule has 0 saturated carbocycles. The number of halogens is 1. The maximum atomic E-state index is 14.0. The zero-order valence-electron chi connectivity index (χ0n) is 18.0. The monoisotopic (exact) mass is 433 g/mol. The Kier molecular flexibility index (Phi) is 5.99. The van der Waals surface area contributed by atoms with Gasteiger partial charge in [-0.15, -0.1) is 0 Å². The van der Waals surface area contributed by atoms with Crippen molar-refractivity contribution in [1.82, 2.24) is 4.90 Å². The molecule has 2 atom stereocenters. The van der Waals surface area contributed by atoms with Gasteiger partial charge in [0, 0.05) is 30.0 Å². The van der Waals surface area contributed by atoms with Crippen LogP contribution < -0.4 is 9.47 Å². The van der Waals surface area contributed by atoms with Crippen LogP contribution in [0.2, 0.25) is 0 Å². The van der Waals surface area contributed by atoms with Gasteiger partial charge in [-0.05, 0) is 67.4 Å². The topological polar surface area (TPSA) is 41.9 Å². The molecule has 3 aromatic rings. The fourth-order valence-electron chi connectivity index (χ4n) is 4.91. The zero-order valence-corrected chi connectivity index (χ0v) is 18.0. The summed E-state index contributed by atoms with van der Waals surface area (Å²) in [5.41, 5.74) is 3.01. The number of phenols is 1. The summed E-state index contributed by atoms with van der Waals surface area (Å²) in [5, 5.41) is 9.91. The number of aromatic hydroxyl groups is 1. The highest BCUT2D eigenvalue weighted by Crippen LogP contribution is 2.47. The van der Waals surface area contributed by atoms with Crippen LogP contribution >= 0.6 is 0 Å². The zero-order chi connectivity index (χ0) is 21.9. The predicted octanol–water partition coefficient (Wildman–Crippen LogP) is 5.31. The molecule has 2 aliphatic heterocycles. The molecule has 2 aliphatic rings. The van der Waals surface area contributed by atoms with Crippen LogP contribution in [0, 0.1) is 5.82 Å². The van der Waals surface area contributed by atoms with E-state index in [2.05, 4.69) is 17.0 Å². The Morgan fingerprint density at radius 3 is 2.56 bits per heavy atom. The summed E-state index contributed by atoms with van der Waals surface area (Å²) in [4.78, 5) is 2.44. The average Bonchev–Trinajstić information content (AvgIpc) is 3.32. The second-order valence-corrected chi connectivity index (χ2v) is 8.64. The number of fused-ring (bicyclic) bond motifs is 1. The van der Waals surface area contributed by atoms with Crippen LogP contribution in [-0.2, 0) is 0 Å². The van der Waals surface area contributed by atoms with Crippen LogP contribution in [0.15, 0.2) is 66.7 Å². The van der Waals surface area contributed by atoms with Gasteiger partial charge >= 0.3 is 0 Å². The van der Waals surface area contributed by atoms with Crippen molar-refractivity contribution in [2.75, 3.05) is 32.8 Å². The van der Waals surface area contributed by atoms with E-state index < -0.39 is 0 Å². The van der Waals surface area contributed by atoms with Gasteiger partial charge in [0.2, 0.25) is 0 Å². The summed E-state index contributed by atoms with van der Waals surface area (Å²) in [6.07, 6.45) is 2.57. The Balaban J connectivity index is 1.40. The lowest BCUT2D eigenvalue weighted by Gasteiger charge is -2.34. The molecule has 32 heavy (non-hydrogen) atoms. The minimum atomic E-state index is -0.250. The molecular formula is C27H28FNO3. The lowest BCUT2D eigenvalue weighted by Crippen LogP contribution is -2.25. The van der Waals surface area contributed by atoms with Crippen molar-refractivity contribution < 1.29 is 19.0 Å². The van der Waals surface area contributed by atoms with Gasteiger partial charge in [-0.25, -0.2) is 4.39 Å². The summed E-state index contributed by atoms with van der Waals surface area (Å²) in [7, 11) is 0. The van der Waals surface area contributed by atoms with E-state index in [4.69, 9.17) is 9.47 Å². The molecule has 2 unspecified atom stereocenters. The lowest BCUT2D eigenvalue weighted by molar-refractivity contribution is 0.237. The van der Waals surface area contributed by atoms with Crippen LogP contribution in [0.5, 0.6) is 17.2 Å². The average molecular weight is 434 g/mol. The van der Waals surface area contributed by atoms with Gasteiger partial charge in [0.15, 0.2) is 0 Å². The molecule has 0 radical (unpaired) electrons. The van der Waals surface area contributed by atoms with E-state index in [0.29, 0.717) is 19.0 Å². The molecule has 3 aromatic carbocycles. The summed E-state index contributed by atoms with van der Waals surface area (Å²) in [5.74, 6) is 1.40. The minimum absolute atomic E-state index is 0.0141. The van der Waals surface area contributed by atoms with E-state index in [0.717, 1.165) is 29.0 Å². The lowest BCUT2D eigenvalue weighted by atomic mass is 9.76. The first-order valence-corrected chi connectivity index (χ1v) is 11.3. The first-order chi connectivity index (χ1) is 15.7. The molecular weight excluding hydrogens is 405 g/mol. The third-order valence-electron chi connectivity index (χ3n) is 6.54. The van der Waals surface area contributed by atoms with E-state index in [1.54, 1.807) is 24.3 Å². The van der Waals surface area contributed by atoms with Crippen molar-refractivity contribution in [1.29, 1.82) is 0 Å². The highest BCUT2D eigenvalue weighted by Gasteiger charge is 2.33. The summed E-state index contributed by atoms with van der Waals surface area (Å²) in [6.45, 7) is 4.40. The molecule has 1 N–H and O–H groups in total. The van der Waals surface area contributed by atoms with E-state index in [1.807, 2.05) is 24.3 Å². The summed E-state index contributed by atoms with van der Waals surface area (Å²) in [6, 6.07) is 20.2. The number of rotatable bonds is 6. The van der Waals surface area contributed by atoms with Gasteiger partial charge in [0.05, 0.1) is 6.61 Å². The van der Waals surface area contributed by atoms with E-state index in [-0.39, 0.29) is 23.4 Å². The molecule has 1 fully saturated rings. The highest BCUT2D eigenvalue weighted by atomic mass is 19.1. The SMILES string of the molecule is Oc1ccc2c(c1)OCC(c1cccc(F)c1)C2c1ccc(OCCN2CCCC2)cc1. The molecule has 0 amide bonds. The second-order valence-electron chi connectivity index (χ2n) is 8.64. The quantitative estimate of drug-likeness (QED) is 0.572. The van der Waals surface area contributed by atoms with Crippen LogP contribution in [0.3, 0.4) is 0 Å². The van der Waals surface area contributed by atoms with Crippen molar-refractivity contribution in [3.05, 3.63) is 89.2 Å². The molecule has 5 heteroatoms. The summed E-state index contributed by atoms with van der Waals surface area (Å²) >= 11 is 0. The minimum Gasteiger partial charge on any atom is -0.508 e. The van der Waals surface area contributed by atoms with E-state index >= 15 is 0 Å². The van der Waals surface area contributed by atoms with Crippen LogP contribution in [0.4, 0.5) is 4.39 Å². The van der Waals surface area contributed by atoms with Crippen LogP contribution in [-0.4, -0.2) is 42.9 Å². The van der Waals surface area contributed by atoms with Crippen LogP contribution in [0.1, 0.15) is 41.4 Å². The Morgan fingerprint density at radius 2 is 1.78 bits per heavy atom. The standard InChI is InChI=1S/C27H28FNO3/c28-21-5-3-4-20(16-21)25-18-32-26-17-22(30)8-11-24(26)27(25)19-6-9-23(10-7-19)31-15-14-29-12-1-2-13-29/h3-11,16-17,25,27,30H,1-2,12-15,18H2. The number of ether oxygens (including phenoxy) is 2. The maximum absolute atomic E-state index is 14.0. The molecule has 0 aliphatic carbocycles. The third-order valence-corrected chi connectivity index (χ3v) is 6.54. The molecule has 0 spiro atoms. The Bertz CT molecular complexity index is 1060. The largest absolute Gasteiger partial charge is 0.508 e. The number of hydrogen-bond donors (Lipinski definition) is 1. The third kappa shape index (κ3) is 4.44. The molecule has 0 bridgehead atoms. The Morgan fingerprint density at radius 1 is 0.969 bits per heavy atom. The Hall–Kier alpha value is -3.05. The fourth-order valence-corrected chi connectivity index (χ4v) is 4.91.